The van der Waals surface area contributed by atoms with Crippen LogP contribution in [-0.4, -0.2) is 52.3 Å². The molecule has 0 spiro atoms. The Kier molecular flexibility index (Phi) is 5.40. The summed E-state index contributed by atoms with van der Waals surface area (Å²) in [5.74, 6) is -0.826. The largest absolute Gasteiger partial charge is 0.480 e. The lowest BCUT2D eigenvalue weighted by atomic mass is 10.0. The summed E-state index contributed by atoms with van der Waals surface area (Å²) in [6.07, 6.45) is 1.34. The normalized spacial score (nSPS) is 21.8. The molecule has 18 heavy (non-hydrogen) atoms. The maximum atomic E-state index is 11.9. The van der Waals surface area contributed by atoms with Crippen molar-refractivity contribution in [3.8, 4) is 0 Å². The summed E-state index contributed by atoms with van der Waals surface area (Å²) in [6.45, 7) is 4.66. The molecular weight excluding hydrogens is 236 g/mol. The van der Waals surface area contributed by atoms with E-state index in [0.717, 1.165) is 6.42 Å². The van der Waals surface area contributed by atoms with Gasteiger partial charge in [-0.1, -0.05) is 13.8 Å². The van der Waals surface area contributed by atoms with Gasteiger partial charge in [0.1, 0.15) is 6.04 Å². The number of carbonyl (C=O) groups excluding carboxylic acids is 1. The highest BCUT2D eigenvalue weighted by Crippen LogP contribution is 2.11. The first-order valence-electron chi connectivity index (χ1n) is 6.36. The zero-order valence-corrected chi connectivity index (χ0v) is 10.9. The van der Waals surface area contributed by atoms with Crippen molar-refractivity contribution in [2.24, 2.45) is 5.92 Å². The van der Waals surface area contributed by atoms with Crippen LogP contribution in [0.1, 0.15) is 33.1 Å². The number of hydrogen-bond acceptors (Lipinski definition) is 3. The van der Waals surface area contributed by atoms with Gasteiger partial charge in [0, 0.05) is 13.1 Å². The van der Waals surface area contributed by atoms with Gasteiger partial charge in [0.05, 0.1) is 6.10 Å². The smallest absolute Gasteiger partial charge is 0.326 e. The molecular formula is C12H22N2O4. The molecule has 6 heteroatoms. The Morgan fingerprint density at radius 2 is 2.11 bits per heavy atom. The van der Waals surface area contributed by atoms with Gasteiger partial charge in [-0.3, -0.25) is 0 Å². The zero-order chi connectivity index (χ0) is 13.7. The van der Waals surface area contributed by atoms with Crippen molar-refractivity contribution in [1.29, 1.82) is 0 Å². The van der Waals surface area contributed by atoms with Gasteiger partial charge in [0.2, 0.25) is 0 Å². The van der Waals surface area contributed by atoms with Crippen LogP contribution in [0.4, 0.5) is 4.79 Å². The Bertz CT molecular complexity index is 306. The van der Waals surface area contributed by atoms with Crippen LogP contribution >= 0.6 is 0 Å². The van der Waals surface area contributed by atoms with E-state index in [1.807, 2.05) is 13.8 Å². The molecule has 1 saturated heterocycles. The molecule has 1 heterocycles. The van der Waals surface area contributed by atoms with Crippen LogP contribution < -0.4 is 5.32 Å². The fourth-order valence-electron chi connectivity index (χ4n) is 2.07. The first-order valence-corrected chi connectivity index (χ1v) is 6.36. The fraction of sp³-hybridized carbons (Fsp3) is 0.833. The number of aliphatic carboxylic acids is 1. The first-order chi connectivity index (χ1) is 8.40. The second-order valence-corrected chi connectivity index (χ2v) is 5.21. The van der Waals surface area contributed by atoms with E-state index in [0.29, 0.717) is 19.4 Å². The van der Waals surface area contributed by atoms with Crippen LogP contribution in [0.3, 0.4) is 0 Å². The van der Waals surface area contributed by atoms with Crippen molar-refractivity contribution in [1.82, 2.24) is 10.2 Å². The quantitative estimate of drug-likeness (QED) is 0.690. The number of urea groups is 1. The van der Waals surface area contributed by atoms with Crippen molar-refractivity contribution in [3.05, 3.63) is 0 Å². The van der Waals surface area contributed by atoms with E-state index in [2.05, 4.69) is 5.32 Å². The van der Waals surface area contributed by atoms with E-state index in [9.17, 15) is 14.7 Å². The minimum Gasteiger partial charge on any atom is -0.480 e. The average molecular weight is 258 g/mol. The van der Waals surface area contributed by atoms with Crippen molar-refractivity contribution in [2.45, 2.75) is 45.3 Å². The van der Waals surface area contributed by atoms with E-state index in [1.165, 1.54) is 4.90 Å². The number of nitrogens with zero attached hydrogens (tertiary/aromatic N) is 1. The number of hydrogen-bond donors (Lipinski definition) is 3. The Morgan fingerprint density at radius 3 is 2.61 bits per heavy atom. The third kappa shape index (κ3) is 4.52. The molecule has 0 aromatic heterocycles. The molecule has 0 saturated carbocycles. The molecule has 1 fully saturated rings. The van der Waals surface area contributed by atoms with Gasteiger partial charge >= 0.3 is 12.0 Å². The molecule has 0 radical (unpaired) electrons. The minimum atomic E-state index is -1.02. The van der Waals surface area contributed by atoms with Gasteiger partial charge in [-0.2, -0.15) is 0 Å². The predicted octanol–water partition coefficient (Wildman–Crippen LogP) is 0.652. The Labute approximate surface area is 107 Å². The van der Waals surface area contributed by atoms with E-state index in [-0.39, 0.29) is 12.5 Å². The lowest BCUT2D eigenvalue weighted by Gasteiger charge is -2.31. The lowest BCUT2D eigenvalue weighted by Crippen LogP contribution is -2.52. The van der Waals surface area contributed by atoms with Gasteiger partial charge < -0.3 is 20.4 Å². The Morgan fingerprint density at radius 1 is 1.44 bits per heavy atom. The molecule has 1 unspecified atom stereocenters. The van der Waals surface area contributed by atoms with Gasteiger partial charge in [0.25, 0.3) is 0 Å². The highest BCUT2D eigenvalue weighted by molar-refractivity contribution is 5.82. The van der Waals surface area contributed by atoms with E-state index in [4.69, 9.17) is 5.11 Å². The lowest BCUT2D eigenvalue weighted by molar-refractivity contribution is -0.139. The molecule has 104 valence electrons. The number of aliphatic hydroxyl groups excluding tert-OH is 1. The minimum absolute atomic E-state index is 0.193. The van der Waals surface area contributed by atoms with Crippen LogP contribution in [0, 0.1) is 5.92 Å². The van der Waals surface area contributed by atoms with Crippen LogP contribution in [-0.2, 0) is 4.79 Å². The number of piperidine rings is 1. The van der Waals surface area contributed by atoms with E-state index < -0.39 is 24.1 Å². The summed E-state index contributed by atoms with van der Waals surface area (Å²) in [6, 6.07) is -1.27. The maximum Gasteiger partial charge on any atom is 0.326 e. The van der Waals surface area contributed by atoms with Crippen molar-refractivity contribution < 1.29 is 19.8 Å². The number of nitrogens with one attached hydrogen (secondary N) is 1. The molecule has 3 N–H and O–H groups in total. The second kappa shape index (κ2) is 6.58. The fourth-order valence-corrected chi connectivity index (χ4v) is 2.07. The standard InChI is InChI=1S/C12H22N2O4/c1-8(2)6-10(11(16)17)13-12(18)14-5-3-4-9(15)7-14/h8-10,15H,3-7H2,1-2H3,(H,13,18)(H,16,17)/t9?,10-/m0/s1. The molecule has 0 aromatic carbocycles. The molecule has 1 aliphatic rings. The topological polar surface area (TPSA) is 89.9 Å². The summed E-state index contributed by atoms with van der Waals surface area (Å²) >= 11 is 0. The van der Waals surface area contributed by atoms with Gasteiger partial charge in [-0.15, -0.1) is 0 Å². The van der Waals surface area contributed by atoms with Crippen LogP contribution in [0.25, 0.3) is 0 Å². The third-order valence-corrected chi connectivity index (χ3v) is 2.99. The monoisotopic (exact) mass is 258 g/mol. The number of carboxylic acid groups (broad SMARTS) is 1. The van der Waals surface area contributed by atoms with Gasteiger partial charge in [0.15, 0.2) is 0 Å². The first kappa shape index (κ1) is 14.8. The summed E-state index contributed by atoms with van der Waals surface area (Å²) in [4.78, 5) is 24.4. The summed E-state index contributed by atoms with van der Waals surface area (Å²) in [7, 11) is 0. The number of carbonyl (C=O) groups is 2. The molecule has 1 rings (SSSR count). The third-order valence-electron chi connectivity index (χ3n) is 2.99. The van der Waals surface area contributed by atoms with E-state index in [1.54, 1.807) is 0 Å². The highest BCUT2D eigenvalue weighted by atomic mass is 16.4. The number of likely N-dealkylation sites (tertiary alicyclic amines) is 1. The molecule has 2 atom stereocenters. The Balaban J connectivity index is 2.52. The molecule has 2 amide bonds. The summed E-state index contributed by atoms with van der Waals surface area (Å²) in [5, 5.41) is 21.0. The van der Waals surface area contributed by atoms with Crippen molar-refractivity contribution in [2.75, 3.05) is 13.1 Å². The number of rotatable bonds is 4. The van der Waals surface area contributed by atoms with Crippen LogP contribution in [0.15, 0.2) is 0 Å². The van der Waals surface area contributed by atoms with E-state index >= 15 is 0 Å². The number of aliphatic hydroxyl groups is 1. The van der Waals surface area contributed by atoms with Crippen LogP contribution in [0.2, 0.25) is 0 Å². The van der Waals surface area contributed by atoms with Crippen molar-refractivity contribution >= 4 is 12.0 Å². The second-order valence-electron chi connectivity index (χ2n) is 5.21. The molecule has 0 aliphatic carbocycles. The molecule has 0 aromatic rings. The molecule has 0 bridgehead atoms. The van der Waals surface area contributed by atoms with Gasteiger partial charge in [-0.25, -0.2) is 9.59 Å². The number of β-amino-alcohol motifs (C(OH)–C–C–N with tert-alkyl or cyclic N) is 1. The van der Waals surface area contributed by atoms with Crippen LogP contribution in [0.5, 0.6) is 0 Å². The summed E-state index contributed by atoms with van der Waals surface area (Å²) < 4.78 is 0. The van der Waals surface area contributed by atoms with Crippen molar-refractivity contribution in [3.63, 3.8) is 0 Å². The maximum absolute atomic E-state index is 11.9. The number of amides is 2. The number of carboxylic acids is 1. The predicted molar refractivity (Wildman–Crippen MR) is 66.2 cm³/mol. The molecule has 6 nitrogen and oxygen atoms in total. The average Bonchev–Trinajstić information content (AvgIpc) is 2.27. The summed E-state index contributed by atoms with van der Waals surface area (Å²) in [5.41, 5.74) is 0. The van der Waals surface area contributed by atoms with Gasteiger partial charge in [-0.05, 0) is 25.2 Å². The SMILES string of the molecule is CC(C)C[C@H](NC(=O)N1CCCC(O)C1)C(=O)O. The zero-order valence-electron chi connectivity index (χ0n) is 10.9. The Hall–Kier alpha value is -1.30. The highest BCUT2D eigenvalue weighted by Gasteiger charge is 2.26. The molecule has 1 aliphatic heterocycles.